The molecular weight excluding hydrogens is 236 g/mol. The molecule has 0 bridgehead atoms. The number of nitrogens with zero attached hydrogens (tertiary/aromatic N) is 2. The van der Waals surface area contributed by atoms with Crippen molar-refractivity contribution in [2.75, 3.05) is 13.1 Å². The summed E-state index contributed by atoms with van der Waals surface area (Å²) in [5.74, 6) is 0.225. The Hall–Kier alpha value is -1.22. The van der Waals surface area contributed by atoms with Crippen LogP contribution < -0.4 is 0 Å². The number of piperidine rings is 1. The summed E-state index contributed by atoms with van der Waals surface area (Å²) in [4.78, 5) is 19.4. The molecule has 1 aromatic rings. The van der Waals surface area contributed by atoms with Gasteiger partial charge in [-0.2, -0.15) is 0 Å². The number of pyridine rings is 1. The number of rotatable bonds is 4. The first-order valence-corrected chi connectivity index (χ1v) is 7.30. The lowest BCUT2D eigenvalue weighted by Crippen LogP contribution is -2.54. The van der Waals surface area contributed by atoms with Crippen LogP contribution in [0.1, 0.15) is 55.5 Å². The normalized spacial score (nSPS) is 19.9. The van der Waals surface area contributed by atoms with E-state index in [1.807, 2.05) is 13.0 Å². The summed E-state index contributed by atoms with van der Waals surface area (Å²) in [6.07, 6.45) is 8.01. The highest BCUT2D eigenvalue weighted by atomic mass is 16.1. The number of carbonyl (C=O) groups excluding carboxylic acids is 1. The Morgan fingerprint density at radius 3 is 2.63 bits per heavy atom. The second-order valence-corrected chi connectivity index (χ2v) is 5.69. The molecule has 2 heterocycles. The quantitative estimate of drug-likeness (QED) is 0.779. The lowest BCUT2D eigenvalue weighted by Gasteiger charge is -2.42. The van der Waals surface area contributed by atoms with E-state index in [0.29, 0.717) is 0 Å². The smallest absolute Gasteiger partial charge is 0.184 e. The molecule has 0 radical (unpaired) electrons. The van der Waals surface area contributed by atoms with Crippen molar-refractivity contribution in [3.05, 3.63) is 29.6 Å². The maximum atomic E-state index is 12.9. The second kappa shape index (κ2) is 5.83. The van der Waals surface area contributed by atoms with Gasteiger partial charge in [0.1, 0.15) is 0 Å². The summed E-state index contributed by atoms with van der Waals surface area (Å²) in [6, 6.07) is 1.92. The Balaban J connectivity index is 2.30. The molecule has 1 aromatic heterocycles. The van der Waals surface area contributed by atoms with Crippen LogP contribution in [0.5, 0.6) is 0 Å². The van der Waals surface area contributed by atoms with Gasteiger partial charge < -0.3 is 0 Å². The zero-order valence-corrected chi connectivity index (χ0v) is 12.3. The molecule has 0 saturated carbocycles. The van der Waals surface area contributed by atoms with Crippen LogP contribution in [-0.2, 0) is 0 Å². The minimum atomic E-state index is -0.381. The third kappa shape index (κ3) is 2.71. The molecule has 3 nitrogen and oxygen atoms in total. The average Bonchev–Trinajstić information content (AvgIpc) is 2.47. The number of aromatic nitrogens is 1. The maximum absolute atomic E-state index is 12.9. The summed E-state index contributed by atoms with van der Waals surface area (Å²) < 4.78 is 0. The topological polar surface area (TPSA) is 33.2 Å². The fourth-order valence-electron chi connectivity index (χ4n) is 2.91. The van der Waals surface area contributed by atoms with Crippen molar-refractivity contribution in [2.24, 2.45) is 0 Å². The summed E-state index contributed by atoms with van der Waals surface area (Å²) in [7, 11) is 0. The van der Waals surface area contributed by atoms with Gasteiger partial charge in [0.25, 0.3) is 0 Å². The highest BCUT2D eigenvalue weighted by Gasteiger charge is 2.39. The molecular formula is C16H24N2O. The van der Waals surface area contributed by atoms with Crippen molar-refractivity contribution in [3.8, 4) is 0 Å². The van der Waals surface area contributed by atoms with E-state index in [4.69, 9.17) is 0 Å². The van der Waals surface area contributed by atoms with E-state index in [1.165, 1.54) is 19.3 Å². The van der Waals surface area contributed by atoms with Crippen LogP contribution in [0.15, 0.2) is 18.5 Å². The molecule has 1 fully saturated rings. The molecule has 0 spiro atoms. The van der Waals surface area contributed by atoms with Crippen LogP contribution in [-0.4, -0.2) is 34.3 Å². The summed E-state index contributed by atoms with van der Waals surface area (Å²) in [5.41, 5.74) is 1.42. The van der Waals surface area contributed by atoms with Gasteiger partial charge in [-0.15, -0.1) is 0 Å². The number of Topliss-reactive ketones (excluding diaryl/α,β-unsaturated/α-hetero) is 1. The maximum Gasteiger partial charge on any atom is 0.184 e. The Labute approximate surface area is 116 Å². The predicted molar refractivity (Wildman–Crippen MR) is 77.4 cm³/mol. The lowest BCUT2D eigenvalue weighted by molar-refractivity contribution is 0.0504. The number of hydrogen-bond acceptors (Lipinski definition) is 3. The summed E-state index contributed by atoms with van der Waals surface area (Å²) in [5, 5.41) is 0. The summed E-state index contributed by atoms with van der Waals surface area (Å²) in [6.45, 7) is 8.26. The van der Waals surface area contributed by atoms with E-state index < -0.39 is 0 Å². The minimum Gasteiger partial charge on any atom is -0.292 e. The van der Waals surface area contributed by atoms with Gasteiger partial charge in [0.2, 0.25) is 0 Å². The van der Waals surface area contributed by atoms with E-state index in [1.54, 1.807) is 12.4 Å². The van der Waals surface area contributed by atoms with Crippen molar-refractivity contribution >= 4 is 5.78 Å². The van der Waals surface area contributed by atoms with Gasteiger partial charge in [0, 0.05) is 18.0 Å². The molecule has 1 atom stereocenters. The predicted octanol–water partition coefficient (Wildman–Crippen LogP) is 3.23. The van der Waals surface area contributed by atoms with E-state index >= 15 is 0 Å². The molecule has 104 valence electrons. The van der Waals surface area contributed by atoms with E-state index in [0.717, 1.165) is 30.6 Å². The van der Waals surface area contributed by atoms with Gasteiger partial charge in [-0.3, -0.25) is 14.7 Å². The molecule has 19 heavy (non-hydrogen) atoms. The Morgan fingerprint density at radius 2 is 2.05 bits per heavy atom. The molecule has 1 saturated heterocycles. The van der Waals surface area contributed by atoms with Crippen molar-refractivity contribution in [1.82, 2.24) is 9.88 Å². The Kier molecular flexibility index (Phi) is 4.35. The first-order chi connectivity index (χ1) is 9.09. The molecule has 3 heteroatoms. The number of ketones is 1. The zero-order valence-electron chi connectivity index (χ0n) is 12.3. The fraction of sp³-hybridized carbons (Fsp3) is 0.625. The molecule has 0 aliphatic carbocycles. The van der Waals surface area contributed by atoms with Crippen molar-refractivity contribution in [2.45, 2.75) is 52.0 Å². The number of carbonyl (C=O) groups is 1. The van der Waals surface area contributed by atoms with Gasteiger partial charge >= 0.3 is 0 Å². The largest absolute Gasteiger partial charge is 0.292 e. The standard InChI is InChI=1S/C16H24N2O/c1-4-16(3,18-10-6-5-7-11-18)15(19)14-12-17-9-8-13(14)2/h8-9,12H,4-7,10-11H2,1-3H3. The SMILES string of the molecule is CCC(C)(C(=O)c1cnccc1C)N1CCCCC1. The van der Waals surface area contributed by atoms with Gasteiger partial charge in [0.05, 0.1) is 5.54 Å². The highest BCUT2D eigenvalue weighted by molar-refractivity contribution is 6.03. The van der Waals surface area contributed by atoms with Crippen LogP contribution in [0.3, 0.4) is 0 Å². The van der Waals surface area contributed by atoms with Gasteiger partial charge in [-0.25, -0.2) is 0 Å². The van der Waals surface area contributed by atoms with Crippen molar-refractivity contribution in [1.29, 1.82) is 0 Å². The Bertz CT molecular complexity index is 452. The fourth-order valence-corrected chi connectivity index (χ4v) is 2.91. The Morgan fingerprint density at radius 1 is 1.37 bits per heavy atom. The van der Waals surface area contributed by atoms with Crippen LogP contribution >= 0.6 is 0 Å². The van der Waals surface area contributed by atoms with Gasteiger partial charge in [-0.05, 0) is 57.8 Å². The number of aryl methyl sites for hydroxylation is 1. The summed E-state index contributed by atoms with van der Waals surface area (Å²) >= 11 is 0. The minimum absolute atomic E-state index is 0.225. The van der Waals surface area contributed by atoms with Gasteiger partial charge in [0.15, 0.2) is 5.78 Å². The number of likely N-dealkylation sites (tertiary alicyclic amines) is 1. The van der Waals surface area contributed by atoms with E-state index in [2.05, 4.69) is 23.7 Å². The first kappa shape index (κ1) is 14.2. The number of hydrogen-bond donors (Lipinski definition) is 0. The van der Waals surface area contributed by atoms with Crippen LogP contribution in [0.2, 0.25) is 0 Å². The monoisotopic (exact) mass is 260 g/mol. The third-order valence-corrected chi connectivity index (χ3v) is 4.52. The molecule has 2 rings (SSSR count). The molecule has 0 amide bonds. The van der Waals surface area contributed by atoms with Crippen LogP contribution in [0.25, 0.3) is 0 Å². The van der Waals surface area contributed by atoms with Crippen LogP contribution in [0.4, 0.5) is 0 Å². The molecule has 0 N–H and O–H groups in total. The molecule has 1 unspecified atom stereocenters. The second-order valence-electron chi connectivity index (χ2n) is 5.69. The average molecular weight is 260 g/mol. The molecule has 1 aliphatic rings. The van der Waals surface area contributed by atoms with E-state index in [-0.39, 0.29) is 11.3 Å². The van der Waals surface area contributed by atoms with Crippen LogP contribution in [0, 0.1) is 6.92 Å². The highest BCUT2D eigenvalue weighted by Crippen LogP contribution is 2.28. The molecule has 1 aliphatic heterocycles. The first-order valence-electron chi connectivity index (χ1n) is 7.30. The lowest BCUT2D eigenvalue weighted by atomic mass is 9.84. The van der Waals surface area contributed by atoms with Crippen molar-refractivity contribution in [3.63, 3.8) is 0 Å². The third-order valence-electron chi connectivity index (χ3n) is 4.52. The zero-order chi connectivity index (χ0) is 13.9. The molecule has 0 aromatic carbocycles. The van der Waals surface area contributed by atoms with Crippen molar-refractivity contribution < 1.29 is 4.79 Å². The van der Waals surface area contributed by atoms with Gasteiger partial charge in [-0.1, -0.05) is 13.3 Å². The van der Waals surface area contributed by atoms with E-state index in [9.17, 15) is 4.79 Å².